The van der Waals surface area contributed by atoms with Crippen molar-refractivity contribution in [2.75, 3.05) is 34.0 Å². The van der Waals surface area contributed by atoms with Gasteiger partial charge in [0.25, 0.3) is 0 Å². The molecule has 0 aliphatic carbocycles. The lowest BCUT2D eigenvalue weighted by atomic mass is 9.80. The minimum Gasteiger partial charge on any atom is -0.504 e. The molecule has 2 aliphatic heterocycles. The van der Waals surface area contributed by atoms with E-state index in [2.05, 4.69) is 0 Å². The Kier molecular flexibility index (Phi) is 8.65. The summed E-state index contributed by atoms with van der Waals surface area (Å²) in [7, 11) is 2.82. The second-order valence-electron chi connectivity index (χ2n) is 9.50. The topological polar surface area (TPSA) is 188 Å². The van der Waals surface area contributed by atoms with Crippen LogP contribution in [0.2, 0.25) is 0 Å². The number of phenolic OH excluding ortho intramolecular Hbond substituents is 1. The number of aliphatic hydroxyl groups is 6. The second-order valence-corrected chi connectivity index (χ2v) is 9.50. The molecule has 0 aromatic heterocycles. The van der Waals surface area contributed by atoms with Gasteiger partial charge in [0.15, 0.2) is 23.0 Å². The quantitative estimate of drug-likeness (QED) is 0.212. The fourth-order valence-electron chi connectivity index (χ4n) is 4.92. The highest BCUT2D eigenvalue weighted by Crippen LogP contribution is 2.45. The van der Waals surface area contributed by atoms with Crippen molar-refractivity contribution in [3.63, 3.8) is 0 Å². The van der Waals surface area contributed by atoms with Crippen LogP contribution in [0.15, 0.2) is 36.4 Å². The van der Waals surface area contributed by atoms with Crippen molar-refractivity contribution in [2.45, 2.75) is 48.8 Å². The number of hydrogen-bond donors (Lipinski definition) is 7. The molecule has 8 unspecified atom stereocenters. The molecule has 7 N–H and O–H groups in total. The van der Waals surface area contributed by atoms with Crippen LogP contribution in [0.25, 0.3) is 0 Å². The van der Waals surface area contributed by atoms with Gasteiger partial charge in [-0.3, -0.25) is 0 Å². The summed E-state index contributed by atoms with van der Waals surface area (Å²) in [5, 5.41) is 71.2. The van der Waals surface area contributed by atoms with Gasteiger partial charge in [-0.05, 0) is 41.8 Å². The number of ether oxygens (including phenoxy) is 5. The molecule has 0 amide bonds. The lowest BCUT2D eigenvalue weighted by Gasteiger charge is -2.39. The number of benzene rings is 2. The molecule has 2 heterocycles. The highest BCUT2D eigenvalue weighted by atomic mass is 16.7. The Bertz CT molecular complexity index is 1090. The molecule has 0 spiro atoms. The zero-order valence-electron chi connectivity index (χ0n) is 21.0. The van der Waals surface area contributed by atoms with Crippen LogP contribution >= 0.6 is 0 Å². The van der Waals surface area contributed by atoms with Crippen LogP contribution < -0.4 is 14.2 Å². The van der Waals surface area contributed by atoms with E-state index in [1.54, 1.807) is 30.3 Å². The van der Waals surface area contributed by atoms with Gasteiger partial charge in [-0.1, -0.05) is 12.1 Å². The maximum atomic E-state index is 11.4. The third-order valence-corrected chi connectivity index (χ3v) is 7.19. The molecule has 2 aliphatic rings. The summed E-state index contributed by atoms with van der Waals surface area (Å²) in [6.45, 7) is -1.01. The summed E-state index contributed by atoms with van der Waals surface area (Å²) in [5.41, 5.74) is -0.354. The van der Waals surface area contributed by atoms with Gasteiger partial charge in [0.2, 0.25) is 6.29 Å². The molecular weight excluding hydrogens is 504 g/mol. The van der Waals surface area contributed by atoms with Gasteiger partial charge in [0, 0.05) is 5.92 Å². The van der Waals surface area contributed by atoms with Crippen LogP contribution in [-0.4, -0.2) is 106 Å². The Balaban J connectivity index is 1.51. The van der Waals surface area contributed by atoms with Crippen molar-refractivity contribution >= 4 is 0 Å². The Hall–Kier alpha value is -2.68. The first kappa shape index (κ1) is 28.3. The van der Waals surface area contributed by atoms with Gasteiger partial charge in [-0.25, -0.2) is 0 Å². The highest BCUT2D eigenvalue weighted by molar-refractivity contribution is 5.45. The number of phenols is 1. The van der Waals surface area contributed by atoms with Crippen LogP contribution in [0.1, 0.15) is 17.2 Å². The van der Waals surface area contributed by atoms with E-state index in [-0.39, 0.29) is 29.6 Å². The van der Waals surface area contributed by atoms with E-state index in [0.717, 1.165) is 5.56 Å². The Morgan fingerprint density at radius 1 is 0.921 bits per heavy atom. The first-order valence-electron chi connectivity index (χ1n) is 12.1. The highest BCUT2D eigenvalue weighted by Gasteiger charge is 2.51. The predicted octanol–water partition coefficient (Wildman–Crippen LogP) is -0.758. The first-order valence-corrected chi connectivity index (χ1v) is 12.1. The molecule has 4 rings (SSSR count). The summed E-state index contributed by atoms with van der Waals surface area (Å²) in [5.74, 6) is 0.103. The van der Waals surface area contributed by atoms with Gasteiger partial charge in [0.05, 0.1) is 34.0 Å². The lowest BCUT2D eigenvalue weighted by molar-refractivity contribution is -0.277. The molecule has 12 heteroatoms. The largest absolute Gasteiger partial charge is 0.504 e. The number of aliphatic hydroxyl groups excluding tert-OH is 5. The van der Waals surface area contributed by atoms with E-state index in [4.69, 9.17) is 23.7 Å². The number of aromatic hydroxyl groups is 1. The summed E-state index contributed by atoms with van der Waals surface area (Å²) in [6.07, 6.45) is -7.73. The van der Waals surface area contributed by atoms with E-state index >= 15 is 0 Å². The molecule has 0 bridgehead atoms. The van der Waals surface area contributed by atoms with E-state index in [9.17, 15) is 35.7 Å². The summed E-state index contributed by atoms with van der Waals surface area (Å²) < 4.78 is 27.6. The Morgan fingerprint density at radius 2 is 1.66 bits per heavy atom. The predicted molar refractivity (Wildman–Crippen MR) is 130 cm³/mol. The van der Waals surface area contributed by atoms with Crippen molar-refractivity contribution in [1.29, 1.82) is 0 Å². The fraction of sp³-hybridized carbons (Fsp3) is 0.538. The summed E-state index contributed by atoms with van der Waals surface area (Å²) in [4.78, 5) is 0. The van der Waals surface area contributed by atoms with Gasteiger partial charge < -0.3 is 59.4 Å². The molecule has 8 atom stereocenters. The standard InChI is InChI=1S/C26H34O12/c1-34-18-9-14(4-5-16(18)29)24-26(33,12-28)15(11-36-24)7-13-3-6-17(19(8-13)35-2)37-25-23(32)22(31)21(30)20(10-27)38-25/h3-6,8-9,15,20-25,27-33H,7,10-12H2,1-2H3. The SMILES string of the molecule is COc1cc(C2OCC(Cc3ccc(OC4OC(CO)C(O)C(O)C4O)c(OC)c3)C2(O)CO)ccc1O. The Labute approximate surface area is 219 Å². The Morgan fingerprint density at radius 3 is 2.32 bits per heavy atom. The molecule has 2 fully saturated rings. The van der Waals surface area contributed by atoms with E-state index in [1.165, 1.54) is 20.3 Å². The molecule has 0 saturated carbocycles. The molecule has 12 nitrogen and oxygen atoms in total. The van der Waals surface area contributed by atoms with Gasteiger partial charge in [-0.2, -0.15) is 0 Å². The average molecular weight is 539 g/mol. The maximum Gasteiger partial charge on any atom is 0.229 e. The van der Waals surface area contributed by atoms with Gasteiger partial charge in [-0.15, -0.1) is 0 Å². The summed E-state index contributed by atoms with van der Waals surface area (Å²) in [6, 6.07) is 9.51. The fourth-order valence-corrected chi connectivity index (χ4v) is 4.92. The van der Waals surface area contributed by atoms with Crippen LogP contribution in [0.3, 0.4) is 0 Å². The zero-order chi connectivity index (χ0) is 27.6. The van der Waals surface area contributed by atoms with Crippen molar-refractivity contribution in [3.05, 3.63) is 47.5 Å². The molecule has 210 valence electrons. The van der Waals surface area contributed by atoms with Crippen molar-refractivity contribution < 1.29 is 59.4 Å². The van der Waals surface area contributed by atoms with Crippen LogP contribution in [0, 0.1) is 5.92 Å². The third kappa shape index (κ3) is 5.26. The number of rotatable bonds is 9. The van der Waals surface area contributed by atoms with Crippen molar-refractivity contribution in [3.8, 4) is 23.0 Å². The molecular formula is C26H34O12. The molecule has 38 heavy (non-hydrogen) atoms. The lowest BCUT2D eigenvalue weighted by Crippen LogP contribution is -2.60. The normalized spacial score (nSPS) is 33.2. The van der Waals surface area contributed by atoms with Gasteiger partial charge in [0.1, 0.15) is 36.1 Å². The first-order chi connectivity index (χ1) is 18.2. The summed E-state index contributed by atoms with van der Waals surface area (Å²) >= 11 is 0. The minimum absolute atomic E-state index is 0.0588. The van der Waals surface area contributed by atoms with Gasteiger partial charge >= 0.3 is 0 Å². The third-order valence-electron chi connectivity index (χ3n) is 7.19. The van der Waals surface area contributed by atoms with E-state index in [0.29, 0.717) is 12.0 Å². The molecule has 0 radical (unpaired) electrons. The average Bonchev–Trinajstić information content (AvgIpc) is 3.25. The molecule has 2 saturated heterocycles. The monoisotopic (exact) mass is 538 g/mol. The van der Waals surface area contributed by atoms with E-state index < -0.39 is 61.5 Å². The minimum atomic E-state index is -1.62. The number of methoxy groups -OCH3 is 2. The molecule has 2 aromatic carbocycles. The van der Waals surface area contributed by atoms with Crippen LogP contribution in [-0.2, 0) is 15.9 Å². The van der Waals surface area contributed by atoms with E-state index in [1.807, 2.05) is 0 Å². The number of hydrogen-bond acceptors (Lipinski definition) is 12. The van der Waals surface area contributed by atoms with Crippen LogP contribution in [0.4, 0.5) is 0 Å². The molecule has 2 aromatic rings. The van der Waals surface area contributed by atoms with Crippen molar-refractivity contribution in [2.24, 2.45) is 5.92 Å². The maximum absolute atomic E-state index is 11.4. The second kappa shape index (κ2) is 11.6. The smallest absolute Gasteiger partial charge is 0.229 e. The van der Waals surface area contributed by atoms with Crippen LogP contribution in [0.5, 0.6) is 23.0 Å². The van der Waals surface area contributed by atoms with Crippen molar-refractivity contribution in [1.82, 2.24) is 0 Å². The zero-order valence-corrected chi connectivity index (χ0v) is 21.0.